The van der Waals surface area contributed by atoms with Gasteiger partial charge in [-0.1, -0.05) is 261 Å². The molecule has 3 aliphatic rings. The Bertz CT molecular complexity index is 3960. The topological polar surface area (TPSA) is 3.24 Å². The first-order chi connectivity index (χ1) is 37.2. The molecular formula is C74H49N. The summed E-state index contributed by atoms with van der Waals surface area (Å²) in [6, 6.07) is 111. The molecule has 3 aliphatic carbocycles. The van der Waals surface area contributed by atoms with Crippen LogP contribution in [0.1, 0.15) is 44.5 Å². The van der Waals surface area contributed by atoms with Gasteiger partial charge in [0.1, 0.15) is 0 Å². The molecule has 0 saturated heterocycles. The standard InChI is InChI=1S/C74H49N/c1-6-22-50(23-7-1)52-38-42-57(43-39-52)75(58-44-40-53(41-45-58)51-24-8-2-9-25-51)59-46-47-67-63(48-59)72-68(73(67,55-28-12-4-13-29-55)56-30-14-5-15-31-56)49-69-71(70(72)54-26-10-3-11-27-54)62-34-18-21-37-66(62)74(69)64-35-19-16-32-60(64)61-33-17-20-36-65(61)74/h1-49H. The Hall–Kier alpha value is -9.56. The van der Waals surface area contributed by atoms with Crippen LogP contribution in [0, 0.1) is 0 Å². The Morgan fingerprint density at radius 3 is 1.04 bits per heavy atom. The average Bonchev–Trinajstić information content (AvgIpc) is 4.10. The Labute approximate surface area is 439 Å². The van der Waals surface area contributed by atoms with E-state index < -0.39 is 10.8 Å². The van der Waals surface area contributed by atoms with Crippen LogP contribution in [0.5, 0.6) is 0 Å². The summed E-state index contributed by atoms with van der Waals surface area (Å²) in [5.74, 6) is 0. The normalized spacial score (nSPS) is 13.5. The van der Waals surface area contributed by atoms with E-state index in [0.29, 0.717) is 0 Å². The fraction of sp³-hybridized carbons (Fsp3) is 0.0270. The van der Waals surface area contributed by atoms with Gasteiger partial charge in [0.2, 0.25) is 0 Å². The third-order valence-electron chi connectivity index (χ3n) is 16.6. The second kappa shape index (κ2) is 17.0. The minimum absolute atomic E-state index is 0.550. The predicted molar refractivity (Wildman–Crippen MR) is 311 cm³/mol. The predicted octanol–water partition coefficient (Wildman–Crippen LogP) is 18.9. The highest BCUT2D eigenvalue weighted by Crippen LogP contribution is 2.68. The molecule has 12 aromatic carbocycles. The van der Waals surface area contributed by atoms with E-state index in [2.05, 4.69) is 302 Å². The van der Waals surface area contributed by atoms with Crippen LogP contribution < -0.4 is 4.90 Å². The lowest BCUT2D eigenvalue weighted by Crippen LogP contribution is -2.30. The highest BCUT2D eigenvalue weighted by Gasteiger charge is 2.56. The van der Waals surface area contributed by atoms with Crippen LogP contribution in [0.3, 0.4) is 0 Å². The number of hydrogen-bond donors (Lipinski definition) is 0. The Morgan fingerprint density at radius 2 is 0.547 bits per heavy atom. The van der Waals surface area contributed by atoms with E-state index in [4.69, 9.17) is 0 Å². The molecular weight excluding hydrogens is 903 g/mol. The smallest absolute Gasteiger partial charge is 0.0725 e. The maximum Gasteiger partial charge on any atom is 0.0725 e. The van der Waals surface area contributed by atoms with Crippen molar-refractivity contribution in [1.29, 1.82) is 0 Å². The lowest BCUT2D eigenvalue weighted by atomic mass is 9.65. The Morgan fingerprint density at radius 1 is 0.200 bits per heavy atom. The Kier molecular flexibility index (Phi) is 9.77. The van der Waals surface area contributed by atoms with Crippen LogP contribution >= 0.6 is 0 Å². The summed E-state index contributed by atoms with van der Waals surface area (Å²) in [5.41, 5.74) is 27.4. The number of benzene rings is 12. The molecule has 0 atom stereocenters. The zero-order valence-electron chi connectivity index (χ0n) is 41.2. The maximum absolute atomic E-state index is 2.66. The second-order valence-corrected chi connectivity index (χ2v) is 20.2. The van der Waals surface area contributed by atoms with Crippen LogP contribution in [0.15, 0.2) is 297 Å². The molecule has 0 fully saturated rings. The molecule has 0 aliphatic heterocycles. The molecule has 1 nitrogen and oxygen atoms in total. The van der Waals surface area contributed by atoms with Gasteiger partial charge in [0.15, 0.2) is 0 Å². The number of hydrogen-bond acceptors (Lipinski definition) is 1. The van der Waals surface area contributed by atoms with Crippen LogP contribution in [-0.2, 0) is 10.8 Å². The van der Waals surface area contributed by atoms with Gasteiger partial charge < -0.3 is 4.90 Å². The van der Waals surface area contributed by atoms with E-state index in [1.165, 1.54) is 111 Å². The van der Waals surface area contributed by atoms with Crippen molar-refractivity contribution in [1.82, 2.24) is 0 Å². The van der Waals surface area contributed by atoms with Gasteiger partial charge in [-0.05, 0) is 148 Å². The zero-order chi connectivity index (χ0) is 49.5. The molecule has 0 radical (unpaired) electrons. The van der Waals surface area contributed by atoms with E-state index in [1.807, 2.05) is 0 Å². The fourth-order valence-electron chi connectivity index (χ4n) is 13.5. The molecule has 1 spiro atoms. The molecule has 0 aromatic heterocycles. The first-order valence-corrected chi connectivity index (χ1v) is 26.2. The minimum Gasteiger partial charge on any atom is -0.310 e. The molecule has 75 heavy (non-hydrogen) atoms. The van der Waals surface area contributed by atoms with E-state index in [0.717, 1.165) is 17.1 Å². The van der Waals surface area contributed by atoms with Crippen LogP contribution in [0.25, 0.3) is 66.8 Å². The van der Waals surface area contributed by atoms with Crippen molar-refractivity contribution in [3.8, 4) is 66.8 Å². The van der Waals surface area contributed by atoms with Crippen molar-refractivity contribution < 1.29 is 0 Å². The SMILES string of the molecule is c1ccc(-c2ccc(N(c3ccc(-c4ccccc4)cc3)c3ccc4c(c3)-c3c(cc5c(c3-c3ccccc3)-c3ccccc3C53c5ccccc5-c5ccccc53)C4(c3ccccc3)c3ccccc3)cc2)cc1. The summed E-state index contributed by atoms with van der Waals surface area (Å²) < 4.78 is 0. The van der Waals surface area contributed by atoms with Gasteiger partial charge in [0.05, 0.1) is 10.8 Å². The van der Waals surface area contributed by atoms with Gasteiger partial charge in [0, 0.05) is 17.1 Å². The van der Waals surface area contributed by atoms with Gasteiger partial charge in [-0.25, -0.2) is 0 Å². The van der Waals surface area contributed by atoms with Crippen molar-refractivity contribution in [3.05, 3.63) is 342 Å². The summed E-state index contributed by atoms with van der Waals surface area (Å²) in [7, 11) is 0. The molecule has 15 rings (SSSR count). The molecule has 0 N–H and O–H groups in total. The minimum atomic E-state index is -0.683. The van der Waals surface area contributed by atoms with Gasteiger partial charge >= 0.3 is 0 Å². The molecule has 1 heteroatoms. The molecule has 0 unspecified atom stereocenters. The van der Waals surface area contributed by atoms with Crippen LogP contribution in [0.4, 0.5) is 17.1 Å². The van der Waals surface area contributed by atoms with Gasteiger partial charge in [-0.3, -0.25) is 0 Å². The molecule has 12 aromatic rings. The summed E-state index contributed by atoms with van der Waals surface area (Å²) in [6.45, 7) is 0. The van der Waals surface area contributed by atoms with E-state index in [-0.39, 0.29) is 0 Å². The number of rotatable bonds is 8. The number of fused-ring (bicyclic) bond motifs is 13. The molecule has 0 amide bonds. The number of nitrogens with zero attached hydrogens (tertiary/aromatic N) is 1. The average molecular weight is 952 g/mol. The van der Waals surface area contributed by atoms with Crippen LogP contribution in [0.2, 0.25) is 0 Å². The first-order valence-electron chi connectivity index (χ1n) is 26.2. The lowest BCUT2D eigenvalue weighted by Gasteiger charge is -2.36. The molecule has 0 saturated carbocycles. The van der Waals surface area contributed by atoms with E-state index >= 15 is 0 Å². The number of anilines is 3. The second-order valence-electron chi connectivity index (χ2n) is 20.2. The van der Waals surface area contributed by atoms with Crippen molar-refractivity contribution in [2.75, 3.05) is 4.90 Å². The maximum atomic E-state index is 2.66. The molecule has 0 heterocycles. The third kappa shape index (κ3) is 6.25. The van der Waals surface area contributed by atoms with E-state index in [1.54, 1.807) is 0 Å². The largest absolute Gasteiger partial charge is 0.310 e. The first kappa shape index (κ1) is 43.1. The van der Waals surface area contributed by atoms with Crippen molar-refractivity contribution in [2.24, 2.45) is 0 Å². The molecule has 0 bridgehead atoms. The van der Waals surface area contributed by atoms with Crippen molar-refractivity contribution in [3.63, 3.8) is 0 Å². The van der Waals surface area contributed by atoms with Crippen molar-refractivity contribution >= 4 is 17.1 Å². The lowest BCUT2D eigenvalue weighted by molar-refractivity contribution is 0.753. The van der Waals surface area contributed by atoms with E-state index in [9.17, 15) is 0 Å². The van der Waals surface area contributed by atoms with Gasteiger partial charge in [-0.2, -0.15) is 0 Å². The fourth-order valence-corrected chi connectivity index (χ4v) is 13.5. The summed E-state index contributed by atoms with van der Waals surface area (Å²) >= 11 is 0. The Balaban J connectivity index is 1.06. The van der Waals surface area contributed by atoms with Gasteiger partial charge in [-0.15, -0.1) is 0 Å². The summed E-state index contributed by atoms with van der Waals surface area (Å²) in [4.78, 5) is 2.45. The summed E-state index contributed by atoms with van der Waals surface area (Å²) in [5, 5.41) is 0. The molecule has 350 valence electrons. The highest BCUT2D eigenvalue weighted by atomic mass is 15.1. The quantitative estimate of drug-likeness (QED) is 0.147. The van der Waals surface area contributed by atoms with Crippen molar-refractivity contribution in [2.45, 2.75) is 10.8 Å². The van der Waals surface area contributed by atoms with Crippen LogP contribution in [-0.4, -0.2) is 0 Å². The zero-order valence-corrected chi connectivity index (χ0v) is 41.2. The summed E-state index contributed by atoms with van der Waals surface area (Å²) in [6.07, 6.45) is 0. The highest BCUT2D eigenvalue weighted by molar-refractivity contribution is 6.08. The third-order valence-corrected chi connectivity index (χ3v) is 16.6. The van der Waals surface area contributed by atoms with Gasteiger partial charge in [0.25, 0.3) is 0 Å². The monoisotopic (exact) mass is 951 g/mol.